The molecule has 2 heterocycles. The first kappa shape index (κ1) is 17.9. The van der Waals surface area contributed by atoms with Crippen LogP contribution in [0, 0.1) is 5.92 Å². The summed E-state index contributed by atoms with van der Waals surface area (Å²) >= 11 is 0. The van der Waals surface area contributed by atoms with E-state index in [2.05, 4.69) is 29.2 Å². The summed E-state index contributed by atoms with van der Waals surface area (Å²) in [5.74, 6) is 0.846. The summed E-state index contributed by atoms with van der Waals surface area (Å²) in [7, 11) is 1.73. The van der Waals surface area contributed by atoms with Crippen molar-refractivity contribution < 1.29 is 9.53 Å². The first-order valence-corrected chi connectivity index (χ1v) is 8.62. The number of hydrogen-bond donors (Lipinski definition) is 1. The lowest BCUT2D eigenvalue weighted by molar-refractivity contribution is 0.0936. The molecule has 1 amide bonds. The van der Waals surface area contributed by atoms with E-state index in [1.165, 1.54) is 0 Å². The van der Waals surface area contributed by atoms with Gasteiger partial charge in [0.2, 0.25) is 0 Å². The van der Waals surface area contributed by atoms with Crippen molar-refractivity contribution in [2.45, 2.75) is 39.7 Å². The molecule has 130 valence electrons. The Hall–Kier alpha value is -1.40. The molecule has 1 unspecified atom stereocenters. The summed E-state index contributed by atoms with van der Waals surface area (Å²) in [6, 6.07) is 1.92. The van der Waals surface area contributed by atoms with Crippen molar-refractivity contribution in [1.82, 2.24) is 20.0 Å². The van der Waals surface area contributed by atoms with Crippen LogP contribution in [0.3, 0.4) is 0 Å². The number of methoxy groups -OCH3 is 1. The number of carbonyl (C=O) groups excluding carboxylic acids is 1. The number of aromatic nitrogens is 2. The molecule has 0 radical (unpaired) electrons. The van der Waals surface area contributed by atoms with E-state index in [0.29, 0.717) is 24.1 Å². The molecule has 1 N–H and O–H groups in total. The zero-order valence-corrected chi connectivity index (χ0v) is 14.8. The molecule has 6 nitrogen and oxygen atoms in total. The minimum atomic E-state index is -0.0124. The average Bonchev–Trinajstić information content (AvgIpc) is 3.17. The lowest BCUT2D eigenvalue weighted by Crippen LogP contribution is -2.32. The molecule has 1 atom stereocenters. The first-order chi connectivity index (χ1) is 11.0. The van der Waals surface area contributed by atoms with E-state index in [4.69, 9.17) is 4.74 Å². The Morgan fingerprint density at radius 1 is 1.52 bits per heavy atom. The van der Waals surface area contributed by atoms with Crippen LogP contribution in [-0.4, -0.2) is 60.5 Å². The van der Waals surface area contributed by atoms with Crippen LogP contribution in [0.15, 0.2) is 6.07 Å². The molecule has 1 aliphatic rings. The highest BCUT2D eigenvalue weighted by atomic mass is 16.5. The fraction of sp³-hybridized carbons (Fsp3) is 0.765. The van der Waals surface area contributed by atoms with Crippen molar-refractivity contribution in [3.8, 4) is 0 Å². The van der Waals surface area contributed by atoms with Crippen LogP contribution in [-0.2, 0) is 11.3 Å². The number of carbonyl (C=O) groups is 1. The molecule has 2 rings (SSSR count). The van der Waals surface area contributed by atoms with Gasteiger partial charge in [-0.25, -0.2) is 0 Å². The summed E-state index contributed by atoms with van der Waals surface area (Å²) in [6.07, 6.45) is 1.13. The van der Waals surface area contributed by atoms with E-state index >= 15 is 0 Å². The second-order valence-corrected chi connectivity index (χ2v) is 6.58. The average molecular weight is 322 g/mol. The third kappa shape index (κ3) is 4.78. The van der Waals surface area contributed by atoms with E-state index in [1.807, 2.05) is 13.0 Å². The van der Waals surface area contributed by atoms with Crippen molar-refractivity contribution in [3.05, 3.63) is 17.5 Å². The topological polar surface area (TPSA) is 59.4 Å². The fourth-order valence-corrected chi connectivity index (χ4v) is 2.97. The van der Waals surface area contributed by atoms with Crippen molar-refractivity contribution in [2.75, 3.05) is 39.9 Å². The SMILES string of the molecule is CCn1nc(C(C)C)cc1C(=O)NCC1CCN(CCOC)C1. The monoisotopic (exact) mass is 322 g/mol. The van der Waals surface area contributed by atoms with Gasteiger partial charge in [-0.3, -0.25) is 9.48 Å². The molecule has 0 aromatic carbocycles. The van der Waals surface area contributed by atoms with Crippen molar-refractivity contribution in [3.63, 3.8) is 0 Å². The highest BCUT2D eigenvalue weighted by molar-refractivity contribution is 5.92. The van der Waals surface area contributed by atoms with Crippen LogP contribution < -0.4 is 5.32 Å². The number of ether oxygens (including phenoxy) is 1. The minimum absolute atomic E-state index is 0.0124. The Kier molecular flexibility index (Phi) is 6.59. The van der Waals surface area contributed by atoms with Gasteiger partial charge in [0.1, 0.15) is 5.69 Å². The van der Waals surface area contributed by atoms with Gasteiger partial charge >= 0.3 is 0 Å². The standard InChI is InChI=1S/C17H30N4O2/c1-5-21-16(10-15(19-21)13(2)3)17(22)18-11-14-6-7-20(12-14)8-9-23-4/h10,13-14H,5-9,11-12H2,1-4H3,(H,18,22). The van der Waals surface area contributed by atoms with Gasteiger partial charge in [-0.1, -0.05) is 13.8 Å². The molecule has 1 saturated heterocycles. The highest BCUT2D eigenvalue weighted by Gasteiger charge is 2.23. The van der Waals surface area contributed by atoms with Gasteiger partial charge < -0.3 is 15.0 Å². The van der Waals surface area contributed by atoms with Crippen LogP contribution in [0.25, 0.3) is 0 Å². The Balaban J connectivity index is 1.86. The van der Waals surface area contributed by atoms with Crippen molar-refractivity contribution >= 4 is 5.91 Å². The van der Waals surface area contributed by atoms with Crippen molar-refractivity contribution in [2.24, 2.45) is 5.92 Å². The lowest BCUT2D eigenvalue weighted by atomic mass is 10.1. The Morgan fingerprint density at radius 2 is 2.30 bits per heavy atom. The molecule has 0 bridgehead atoms. The van der Waals surface area contributed by atoms with Gasteiger partial charge in [-0.15, -0.1) is 0 Å². The largest absolute Gasteiger partial charge is 0.383 e. The van der Waals surface area contributed by atoms with E-state index in [1.54, 1.807) is 11.8 Å². The van der Waals surface area contributed by atoms with Gasteiger partial charge in [-0.05, 0) is 37.8 Å². The van der Waals surface area contributed by atoms with Crippen LogP contribution in [0.2, 0.25) is 0 Å². The Labute approximate surface area is 139 Å². The molecule has 1 aromatic heterocycles. The van der Waals surface area contributed by atoms with Gasteiger partial charge in [0.15, 0.2) is 0 Å². The highest BCUT2D eigenvalue weighted by Crippen LogP contribution is 2.16. The number of nitrogens with zero attached hydrogens (tertiary/aromatic N) is 3. The summed E-state index contributed by atoms with van der Waals surface area (Å²) in [5.41, 5.74) is 1.65. The third-order valence-corrected chi connectivity index (χ3v) is 4.46. The second kappa shape index (κ2) is 8.45. The van der Waals surface area contributed by atoms with Gasteiger partial charge in [0, 0.05) is 33.3 Å². The lowest BCUT2D eigenvalue weighted by Gasteiger charge is -2.15. The van der Waals surface area contributed by atoms with Crippen molar-refractivity contribution in [1.29, 1.82) is 0 Å². The zero-order valence-electron chi connectivity index (χ0n) is 14.8. The Bertz CT molecular complexity index is 513. The number of likely N-dealkylation sites (tertiary alicyclic amines) is 1. The molecule has 0 aliphatic carbocycles. The maximum absolute atomic E-state index is 12.5. The first-order valence-electron chi connectivity index (χ1n) is 8.62. The second-order valence-electron chi connectivity index (χ2n) is 6.58. The smallest absolute Gasteiger partial charge is 0.269 e. The summed E-state index contributed by atoms with van der Waals surface area (Å²) < 4.78 is 6.92. The summed E-state index contributed by atoms with van der Waals surface area (Å²) in [6.45, 7) is 11.5. The van der Waals surface area contributed by atoms with Gasteiger partial charge in [-0.2, -0.15) is 5.10 Å². The Morgan fingerprint density at radius 3 is 2.96 bits per heavy atom. The molecular weight excluding hydrogens is 292 g/mol. The third-order valence-electron chi connectivity index (χ3n) is 4.46. The maximum atomic E-state index is 12.5. The fourth-order valence-electron chi connectivity index (χ4n) is 2.97. The number of amides is 1. The number of rotatable bonds is 8. The predicted octanol–water partition coefficient (Wildman–Crippen LogP) is 1.72. The normalized spacial score (nSPS) is 18.7. The predicted molar refractivity (Wildman–Crippen MR) is 90.7 cm³/mol. The molecule has 0 spiro atoms. The molecule has 23 heavy (non-hydrogen) atoms. The number of aryl methyl sites for hydroxylation is 1. The minimum Gasteiger partial charge on any atom is -0.383 e. The van der Waals surface area contributed by atoms with Crippen LogP contribution >= 0.6 is 0 Å². The number of nitrogens with one attached hydrogen (secondary N) is 1. The van der Waals surface area contributed by atoms with Gasteiger partial charge in [0.25, 0.3) is 5.91 Å². The van der Waals surface area contributed by atoms with Crippen LogP contribution in [0.4, 0.5) is 0 Å². The zero-order chi connectivity index (χ0) is 16.8. The molecule has 6 heteroatoms. The number of hydrogen-bond acceptors (Lipinski definition) is 4. The van der Waals surface area contributed by atoms with Gasteiger partial charge in [0.05, 0.1) is 12.3 Å². The van der Waals surface area contributed by atoms with E-state index in [9.17, 15) is 4.79 Å². The van der Waals surface area contributed by atoms with E-state index in [-0.39, 0.29) is 5.91 Å². The van der Waals surface area contributed by atoms with Crippen LogP contribution in [0.1, 0.15) is 49.3 Å². The summed E-state index contributed by atoms with van der Waals surface area (Å²) in [4.78, 5) is 14.9. The van der Waals surface area contributed by atoms with E-state index in [0.717, 1.165) is 44.9 Å². The molecular formula is C17H30N4O2. The van der Waals surface area contributed by atoms with Crippen LogP contribution in [0.5, 0.6) is 0 Å². The molecule has 1 aliphatic heterocycles. The molecule has 0 saturated carbocycles. The quantitative estimate of drug-likeness (QED) is 0.792. The van der Waals surface area contributed by atoms with E-state index < -0.39 is 0 Å². The molecule has 1 aromatic rings. The summed E-state index contributed by atoms with van der Waals surface area (Å²) in [5, 5.41) is 7.60. The maximum Gasteiger partial charge on any atom is 0.269 e. The molecule has 1 fully saturated rings.